The second-order valence-electron chi connectivity index (χ2n) is 6.14. The van der Waals surface area contributed by atoms with Crippen molar-refractivity contribution in [2.75, 3.05) is 7.11 Å². The summed E-state index contributed by atoms with van der Waals surface area (Å²) in [5, 5.41) is 0. The van der Waals surface area contributed by atoms with Crippen LogP contribution in [0.4, 0.5) is 13.2 Å². The normalized spacial score (nSPS) is 18.6. The minimum Gasteiger partial charge on any atom is -0.494 e. The predicted molar refractivity (Wildman–Crippen MR) is 88.2 cm³/mol. The highest BCUT2D eigenvalue weighted by Crippen LogP contribution is 2.55. The molecule has 4 nitrogen and oxygen atoms in total. The summed E-state index contributed by atoms with van der Waals surface area (Å²) in [5.41, 5.74) is 1.63. The van der Waals surface area contributed by atoms with Gasteiger partial charge in [0, 0.05) is 18.6 Å². The largest absolute Gasteiger partial charge is 0.494 e. The second kappa shape index (κ2) is 6.40. The molecule has 2 heterocycles. The molecule has 1 aliphatic rings. The number of hydrogen-bond donors (Lipinski definition) is 0. The van der Waals surface area contributed by atoms with Crippen LogP contribution in [0.5, 0.6) is 5.75 Å². The van der Waals surface area contributed by atoms with Gasteiger partial charge in [0.1, 0.15) is 5.69 Å². The minimum absolute atomic E-state index is 0.0417. The number of halogens is 3. The van der Waals surface area contributed by atoms with E-state index in [1.807, 2.05) is 0 Å². The summed E-state index contributed by atoms with van der Waals surface area (Å²) < 4.78 is 45.9. The highest BCUT2D eigenvalue weighted by Gasteiger charge is 2.40. The first-order valence-electron chi connectivity index (χ1n) is 8.04. The minimum atomic E-state index is -0.987. The van der Waals surface area contributed by atoms with Gasteiger partial charge in [-0.3, -0.25) is 0 Å². The van der Waals surface area contributed by atoms with Crippen LogP contribution in [0.25, 0.3) is 11.5 Å². The lowest BCUT2D eigenvalue weighted by Crippen LogP contribution is -1.97. The van der Waals surface area contributed by atoms with Gasteiger partial charge in [0.15, 0.2) is 23.2 Å². The van der Waals surface area contributed by atoms with Crippen molar-refractivity contribution in [3.05, 3.63) is 71.4 Å². The number of hydrogen-bond acceptors (Lipinski definition) is 4. The molecular weight excluding hydrogens is 343 g/mol. The predicted octanol–water partition coefficient (Wildman–Crippen LogP) is 4.24. The van der Waals surface area contributed by atoms with Gasteiger partial charge >= 0.3 is 0 Å². The van der Waals surface area contributed by atoms with Gasteiger partial charge in [-0.2, -0.15) is 4.39 Å². The average molecular weight is 357 g/mol. The molecule has 0 aliphatic heterocycles. The van der Waals surface area contributed by atoms with Gasteiger partial charge in [-0.25, -0.2) is 23.7 Å². The molecule has 2 aromatic heterocycles. The number of nitrogens with zero attached hydrogens (tertiary/aromatic N) is 3. The van der Waals surface area contributed by atoms with Crippen molar-refractivity contribution in [3.8, 4) is 17.3 Å². The molecule has 26 heavy (non-hydrogen) atoms. The molecule has 3 aromatic rings. The fourth-order valence-corrected chi connectivity index (χ4v) is 3.08. The van der Waals surface area contributed by atoms with Crippen molar-refractivity contribution in [2.24, 2.45) is 0 Å². The van der Waals surface area contributed by atoms with Crippen LogP contribution in [0.1, 0.15) is 29.4 Å². The summed E-state index contributed by atoms with van der Waals surface area (Å²) in [6.07, 6.45) is 5.49. The average Bonchev–Trinajstić information content (AvgIpc) is 3.45. The molecule has 7 heteroatoms. The van der Waals surface area contributed by atoms with Crippen molar-refractivity contribution in [1.29, 1.82) is 0 Å². The Kier molecular flexibility index (Phi) is 4.06. The Morgan fingerprint density at radius 2 is 1.69 bits per heavy atom. The van der Waals surface area contributed by atoms with Crippen LogP contribution < -0.4 is 4.74 Å². The summed E-state index contributed by atoms with van der Waals surface area (Å²) in [6, 6.07) is 5.51. The fourth-order valence-electron chi connectivity index (χ4n) is 3.08. The molecule has 4 rings (SSSR count). The Labute approximate surface area is 147 Å². The van der Waals surface area contributed by atoms with Gasteiger partial charge in [0.2, 0.25) is 5.82 Å². The molecule has 0 saturated heterocycles. The van der Waals surface area contributed by atoms with Gasteiger partial charge in [0.25, 0.3) is 0 Å². The fraction of sp³-hybridized carbons (Fsp3) is 0.211. The third-order valence-electron chi connectivity index (χ3n) is 4.53. The molecule has 0 bridgehead atoms. The molecule has 0 spiro atoms. The Bertz CT molecular complexity index is 963. The third kappa shape index (κ3) is 2.89. The summed E-state index contributed by atoms with van der Waals surface area (Å²) >= 11 is 0. The zero-order valence-corrected chi connectivity index (χ0v) is 13.8. The van der Waals surface area contributed by atoms with E-state index in [2.05, 4.69) is 15.0 Å². The number of rotatable bonds is 4. The van der Waals surface area contributed by atoms with E-state index in [9.17, 15) is 13.2 Å². The van der Waals surface area contributed by atoms with Gasteiger partial charge in [0.05, 0.1) is 7.11 Å². The maximum Gasteiger partial charge on any atom is 0.200 e. The molecular formula is C19H14F3N3O. The van der Waals surface area contributed by atoms with Crippen LogP contribution in [0, 0.1) is 17.5 Å². The quantitative estimate of drug-likeness (QED) is 0.701. The molecule has 1 saturated carbocycles. The molecule has 0 N–H and O–H groups in total. The van der Waals surface area contributed by atoms with Gasteiger partial charge in [-0.1, -0.05) is 0 Å². The maximum atomic E-state index is 13.8. The van der Waals surface area contributed by atoms with Gasteiger partial charge < -0.3 is 4.74 Å². The first-order valence-corrected chi connectivity index (χ1v) is 8.04. The number of benzene rings is 1. The topological polar surface area (TPSA) is 47.9 Å². The molecule has 132 valence electrons. The van der Waals surface area contributed by atoms with Crippen molar-refractivity contribution < 1.29 is 17.9 Å². The summed E-state index contributed by atoms with van der Waals surface area (Å²) in [4.78, 5) is 12.3. The standard InChI is InChI=1S/C19H14F3N3O/c1-26-16-6-10(5-15(21)17(16)22)12-7-13(12)11-8-24-19(25-9-11)18-14(20)3-2-4-23-18/h2-6,8-9,12-13H,7H2,1H3. The smallest absolute Gasteiger partial charge is 0.200 e. The van der Waals surface area contributed by atoms with E-state index in [-0.39, 0.29) is 29.1 Å². The number of ether oxygens (including phenoxy) is 1. The van der Waals surface area contributed by atoms with E-state index in [4.69, 9.17) is 4.74 Å². The first kappa shape index (κ1) is 16.5. The third-order valence-corrected chi connectivity index (χ3v) is 4.53. The van der Waals surface area contributed by atoms with E-state index in [1.165, 1.54) is 37.6 Å². The van der Waals surface area contributed by atoms with E-state index < -0.39 is 17.5 Å². The molecule has 1 fully saturated rings. The van der Waals surface area contributed by atoms with Crippen molar-refractivity contribution >= 4 is 0 Å². The number of methoxy groups -OCH3 is 1. The Morgan fingerprint density at radius 1 is 0.962 bits per heavy atom. The lowest BCUT2D eigenvalue weighted by Gasteiger charge is -2.07. The summed E-state index contributed by atoms with van der Waals surface area (Å²) in [7, 11) is 1.30. The zero-order valence-electron chi connectivity index (χ0n) is 13.8. The van der Waals surface area contributed by atoms with Crippen LogP contribution in [-0.4, -0.2) is 22.1 Å². The zero-order chi connectivity index (χ0) is 18.3. The molecule has 1 aromatic carbocycles. The first-order chi connectivity index (χ1) is 12.6. The number of aromatic nitrogens is 3. The molecule has 0 amide bonds. The lowest BCUT2D eigenvalue weighted by molar-refractivity contribution is 0.371. The van der Waals surface area contributed by atoms with Gasteiger partial charge in [-0.15, -0.1) is 0 Å². The van der Waals surface area contributed by atoms with Crippen molar-refractivity contribution in [2.45, 2.75) is 18.3 Å². The van der Waals surface area contributed by atoms with Crippen LogP contribution in [-0.2, 0) is 0 Å². The van der Waals surface area contributed by atoms with Crippen LogP contribution in [0.2, 0.25) is 0 Å². The van der Waals surface area contributed by atoms with Crippen LogP contribution >= 0.6 is 0 Å². The Hall–Kier alpha value is -2.96. The SMILES string of the molecule is COc1cc(C2CC2c2cnc(-c3ncccc3F)nc2)cc(F)c1F. The van der Waals surface area contributed by atoms with E-state index in [1.54, 1.807) is 12.4 Å². The maximum absolute atomic E-state index is 13.8. The second-order valence-corrected chi connectivity index (χ2v) is 6.14. The van der Waals surface area contributed by atoms with Crippen molar-refractivity contribution in [3.63, 3.8) is 0 Å². The summed E-state index contributed by atoms with van der Waals surface area (Å²) in [5.74, 6) is -2.16. The monoisotopic (exact) mass is 357 g/mol. The van der Waals surface area contributed by atoms with Crippen LogP contribution in [0.3, 0.4) is 0 Å². The number of pyridine rings is 1. The van der Waals surface area contributed by atoms with E-state index in [0.29, 0.717) is 5.56 Å². The summed E-state index contributed by atoms with van der Waals surface area (Å²) in [6.45, 7) is 0. The Morgan fingerprint density at radius 3 is 2.38 bits per heavy atom. The highest BCUT2D eigenvalue weighted by atomic mass is 19.2. The van der Waals surface area contributed by atoms with E-state index in [0.717, 1.165) is 12.0 Å². The molecule has 1 aliphatic carbocycles. The molecule has 2 unspecified atom stereocenters. The van der Waals surface area contributed by atoms with E-state index >= 15 is 0 Å². The van der Waals surface area contributed by atoms with Crippen molar-refractivity contribution in [1.82, 2.24) is 15.0 Å². The van der Waals surface area contributed by atoms with Crippen LogP contribution in [0.15, 0.2) is 42.9 Å². The molecule has 0 radical (unpaired) electrons. The lowest BCUT2D eigenvalue weighted by atomic mass is 10.1. The van der Waals surface area contributed by atoms with Gasteiger partial charge in [-0.05, 0) is 53.6 Å². The Balaban J connectivity index is 1.56. The molecule has 2 atom stereocenters. The highest BCUT2D eigenvalue weighted by molar-refractivity contribution is 5.49.